The third kappa shape index (κ3) is 4.81. The zero-order valence-electron chi connectivity index (χ0n) is 17.7. The molecule has 6 nitrogen and oxygen atoms in total. The molecule has 0 atom stereocenters. The van der Waals surface area contributed by atoms with Crippen LogP contribution in [0.2, 0.25) is 5.02 Å². The van der Waals surface area contributed by atoms with E-state index in [-0.39, 0.29) is 5.91 Å². The van der Waals surface area contributed by atoms with Crippen LogP contribution in [0, 0.1) is 0 Å². The van der Waals surface area contributed by atoms with Gasteiger partial charge in [0.2, 0.25) is 0 Å². The maximum atomic E-state index is 12.5. The van der Waals surface area contributed by atoms with Crippen LogP contribution in [0.25, 0.3) is 0 Å². The topological polar surface area (TPSA) is 67.4 Å². The maximum absolute atomic E-state index is 12.5. The molecule has 33 heavy (non-hydrogen) atoms. The number of ether oxygens (including phenoxy) is 1. The first-order valence-electron chi connectivity index (χ1n) is 10.6. The van der Waals surface area contributed by atoms with Gasteiger partial charge in [-0.05, 0) is 53.6 Å². The highest BCUT2D eigenvalue weighted by Gasteiger charge is 2.21. The molecule has 0 bridgehead atoms. The summed E-state index contributed by atoms with van der Waals surface area (Å²) in [5, 5.41) is 3.53. The molecule has 0 saturated heterocycles. The number of aromatic nitrogens is 2. The van der Waals surface area contributed by atoms with Crippen molar-refractivity contribution in [2.24, 2.45) is 0 Å². The number of nitrogens with zero attached hydrogens (tertiary/aromatic N) is 3. The second-order valence-corrected chi connectivity index (χ2v) is 8.20. The van der Waals surface area contributed by atoms with Gasteiger partial charge in [0, 0.05) is 48.8 Å². The predicted octanol–water partition coefficient (Wildman–Crippen LogP) is 5.37. The monoisotopic (exact) mass is 456 g/mol. The summed E-state index contributed by atoms with van der Waals surface area (Å²) in [6, 6.07) is 21.0. The van der Waals surface area contributed by atoms with Gasteiger partial charge in [-0.3, -0.25) is 14.8 Å². The van der Waals surface area contributed by atoms with E-state index >= 15 is 0 Å². The summed E-state index contributed by atoms with van der Waals surface area (Å²) in [4.78, 5) is 23.0. The zero-order chi connectivity index (χ0) is 22.6. The number of pyridine rings is 2. The van der Waals surface area contributed by atoms with E-state index in [1.54, 1.807) is 24.7 Å². The molecule has 0 fully saturated rings. The van der Waals surface area contributed by atoms with Crippen molar-refractivity contribution in [3.05, 3.63) is 113 Å². The number of amides is 1. The summed E-state index contributed by atoms with van der Waals surface area (Å²) in [7, 11) is 0. The van der Waals surface area contributed by atoms with Crippen LogP contribution in [0.5, 0.6) is 11.5 Å². The molecular formula is C26H21ClN4O2. The minimum Gasteiger partial charge on any atom is -0.455 e. The second kappa shape index (κ2) is 9.30. The number of para-hydroxylation sites is 1. The molecule has 0 radical (unpaired) electrons. The minimum absolute atomic E-state index is 0.215. The fourth-order valence-corrected chi connectivity index (χ4v) is 3.92. The molecule has 3 heterocycles. The van der Waals surface area contributed by atoms with Crippen molar-refractivity contribution in [3.63, 3.8) is 0 Å². The number of rotatable bonds is 5. The van der Waals surface area contributed by atoms with E-state index in [4.69, 9.17) is 16.3 Å². The fourth-order valence-electron chi connectivity index (χ4n) is 3.75. The quantitative estimate of drug-likeness (QED) is 0.437. The summed E-state index contributed by atoms with van der Waals surface area (Å²) < 4.78 is 6.17. The molecule has 2 aromatic carbocycles. The predicted molar refractivity (Wildman–Crippen MR) is 127 cm³/mol. The Morgan fingerprint density at radius 1 is 1.00 bits per heavy atom. The van der Waals surface area contributed by atoms with Crippen molar-refractivity contribution in [2.75, 3.05) is 4.90 Å². The van der Waals surface area contributed by atoms with Gasteiger partial charge >= 0.3 is 0 Å². The SMILES string of the molecule is O=C(NCc1ccncc1)c1ccc(CN2Cc3ccccc3Oc3ccc(Cl)cc32)cn1. The Labute approximate surface area is 196 Å². The van der Waals surface area contributed by atoms with Crippen molar-refractivity contribution in [2.45, 2.75) is 19.6 Å². The van der Waals surface area contributed by atoms with Crippen LogP contribution < -0.4 is 15.0 Å². The molecule has 164 valence electrons. The number of benzene rings is 2. The molecule has 0 spiro atoms. The number of carbonyl (C=O) groups is 1. The van der Waals surface area contributed by atoms with Crippen LogP contribution in [0.4, 0.5) is 5.69 Å². The first-order valence-corrected chi connectivity index (χ1v) is 11.0. The van der Waals surface area contributed by atoms with E-state index < -0.39 is 0 Å². The Morgan fingerprint density at radius 3 is 2.67 bits per heavy atom. The Morgan fingerprint density at radius 2 is 1.85 bits per heavy atom. The number of anilines is 1. The van der Waals surface area contributed by atoms with Crippen molar-refractivity contribution < 1.29 is 9.53 Å². The third-order valence-corrected chi connectivity index (χ3v) is 5.68. The number of nitrogens with one attached hydrogen (secondary N) is 1. The van der Waals surface area contributed by atoms with Gasteiger partial charge in [0.15, 0.2) is 5.75 Å². The van der Waals surface area contributed by atoms with E-state index in [9.17, 15) is 4.79 Å². The van der Waals surface area contributed by atoms with Gasteiger partial charge in [-0.1, -0.05) is 35.9 Å². The van der Waals surface area contributed by atoms with Crippen LogP contribution in [-0.4, -0.2) is 15.9 Å². The van der Waals surface area contributed by atoms with Gasteiger partial charge in [-0.15, -0.1) is 0 Å². The maximum Gasteiger partial charge on any atom is 0.270 e. The number of hydrogen-bond donors (Lipinski definition) is 1. The molecule has 0 aliphatic carbocycles. The highest BCUT2D eigenvalue weighted by Crippen LogP contribution is 2.40. The molecule has 4 aromatic rings. The lowest BCUT2D eigenvalue weighted by atomic mass is 10.1. The van der Waals surface area contributed by atoms with Crippen molar-refractivity contribution >= 4 is 23.2 Å². The van der Waals surface area contributed by atoms with Crippen molar-refractivity contribution in [1.82, 2.24) is 15.3 Å². The smallest absolute Gasteiger partial charge is 0.270 e. The molecule has 0 saturated carbocycles. The Balaban J connectivity index is 1.33. The van der Waals surface area contributed by atoms with Crippen molar-refractivity contribution in [1.29, 1.82) is 0 Å². The molecule has 1 aliphatic rings. The van der Waals surface area contributed by atoms with E-state index in [2.05, 4.69) is 26.3 Å². The largest absolute Gasteiger partial charge is 0.455 e. The molecule has 1 N–H and O–H groups in total. The van der Waals surface area contributed by atoms with Gasteiger partial charge in [0.05, 0.1) is 5.69 Å². The number of carbonyl (C=O) groups excluding carboxylic acids is 1. The normalized spacial score (nSPS) is 12.2. The van der Waals surface area contributed by atoms with Crippen LogP contribution in [0.15, 0.2) is 85.3 Å². The van der Waals surface area contributed by atoms with Crippen LogP contribution in [-0.2, 0) is 19.6 Å². The van der Waals surface area contributed by atoms with Gasteiger partial charge < -0.3 is 15.0 Å². The van der Waals surface area contributed by atoms with Gasteiger partial charge in [-0.2, -0.15) is 0 Å². The van der Waals surface area contributed by atoms with E-state index in [0.29, 0.717) is 30.4 Å². The third-order valence-electron chi connectivity index (χ3n) is 5.45. The second-order valence-electron chi connectivity index (χ2n) is 7.77. The lowest BCUT2D eigenvalue weighted by Gasteiger charge is -2.24. The number of halogens is 1. The first-order chi connectivity index (χ1) is 16.2. The summed E-state index contributed by atoms with van der Waals surface area (Å²) in [5.41, 5.74) is 4.34. The first kappa shape index (κ1) is 21.0. The molecule has 1 amide bonds. The van der Waals surface area contributed by atoms with E-state index in [0.717, 1.165) is 33.9 Å². The Bertz CT molecular complexity index is 1280. The van der Waals surface area contributed by atoms with Gasteiger partial charge in [0.25, 0.3) is 5.91 Å². The summed E-state index contributed by atoms with van der Waals surface area (Å²) in [5.74, 6) is 1.37. The standard InChI is InChI=1S/C26H21ClN4O2/c27-21-6-8-25-23(13-21)31(17-20-3-1-2-4-24(20)33-25)16-19-5-7-22(29-15-19)26(32)30-14-18-9-11-28-12-10-18/h1-13,15H,14,16-17H2,(H,30,32). The summed E-state index contributed by atoms with van der Waals surface area (Å²) in [6.07, 6.45) is 5.14. The lowest BCUT2D eigenvalue weighted by molar-refractivity contribution is 0.0946. The van der Waals surface area contributed by atoms with E-state index in [1.165, 1.54) is 0 Å². The fraction of sp³-hybridized carbons (Fsp3) is 0.115. The van der Waals surface area contributed by atoms with Crippen LogP contribution >= 0.6 is 11.6 Å². The van der Waals surface area contributed by atoms with Gasteiger partial charge in [0.1, 0.15) is 11.4 Å². The molecular weight excluding hydrogens is 436 g/mol. The zero-order valence-corrected chi connectivity index (χ0v) is 18.5. The Kier molecular flexibility index (Phi) is 5.91. The number of hydrogen-bond acceptors (Lipinski definition) is 5. The molecule has 1 aliphatic heterocycles. The van der Waals surface area contributed by atoms with E-state index in [1.807, 2.05) is 54.6 Å². The average Bonchev–Trinajstić information content (AvgIpc) is 3.00. The molecule has 7 heteroatoms. The highest BCUT2D eigenvalue weighted by molar-refractivity contribution is 6.31. The van der Waals surface area contributed by atoms with Gasteiger partial charge in [-0.25, -0.2) is 0 Å². The molecule has 5 rings (SSSR count). The lowest BCUT2D eigenvalue weighted by Crippen LogP contribution is -2.24. The Hall–Kier alpha value is -3.90. The molecule has 2 aromatic heterocycles. The minimum atomic E-state index is -0.215. The number of fused-ring (bicyclic) bond motifs is 2. The van der Waals surface area contributed by atoms with Crippen LogP contribution in [0.3, 0.4) is 0 Å². The van der Waals surface area contributed by atoms with Crippen molar-refractivity contribution in [3.8, 4) is 11.5 Å². The molecule has 0 unspecified atom stereocenters. The summed E-state index contributed by atoms with van der Waals surface area (Å²) >= 11 is 6.30. The highest BCUT2D eigenvalue weighted by atomic mass is 35.5. The van der Waals surface area contributed by atoms with Crippen LogP contribution in [0.1, 0.15) is 27.2 Å². The average molecular weight is 457 g/mol. The summed E-state index contributed by atoms with van der Waals surface area (Å²) in [6.45, 7) is 1.68.